The Labute approximate surface area is 110 Å². The van der Waals surface area contributed by atoms with Gasteiger partial charge in [-0.15, -0.1) is 0 Å². The number of urea groups is 1. The quantitative estimate of drug-likeness (QED) is 0.818. The third-order valence-corrected chi connectivity index (χ3v) is 3.24. The number of nitrogens with one attached hydrogen (secondary N) is 1. The Morgan fingerprint density at radius 3 is 2.44 bits per heavy atom. The van der Waals surface area contributed by atoms with E-state index < -0.39 is 0 Å². The van der Waals surface area contributed by atoms with E-state index in [1.807, 2.05) is 35.2 Å². The van der Waals surface area contributed by atoms with Gasteiger partial charge in [0.1, 0.15) is 0 Å². The zero-order valence-electron chi connectivity index (χ0n) is 11.6. The molecule has 0 aromatic heterocycles. The Kier molecular flexibility index (Phi) is 6.26. The minimum atomic E-state index is -0.0317. The van der Waals surface area contributed by atoms with Gasteiger partial charge < -0.3 is 5.32 Å². The van der Waals surface area contributed by atoms with Gasteiger partial charge in [0.2, 0.25) is 0 Å². The molecule has 0 heterocycles. The van der Waals surface area contributed by atoms with Crippen LogP contribution in [0, 0.1) is 5.92 Å². The Balaban J connectivity index is 2.82. The van der Waals surface area contributed by atoms with Gasteiger partial charge in [0.05, 0.1) is 0 Å². The van der Waals surface area contributed by atoms with Crippen molar-refractivity contribution in [2.45, 2.75) is 33.1 Å². The minimum Gasteiger partial charge on any atom is -0.341 e. The normalized spacial score (nSPS) is 11.9. The van der Waals surface area contributed by atoms with Gasteiger partial charge in [0.15, 0.2) is 0 Å². The molecular formula is C15H24N2O. The van der Waals surface area contributed by atoms with Crippen LogP contribution in [0.2, 0.25) is 0 Å². The average Bonchev–Trinajstić information content (AvgIpc) is 2.43. The molecule has 1 atom stereocenters. The molecular weight excluding hydrogens is 224 g/mol. The summed E-state index contributed by atoms with van der Waals surface area (Å²) in [7, 11) is 1.68. The second-order valence-corrected chi connectivity index (χ2v) is 4.56. The lowest BCUT2D eigenvalue weighted by atomic mass is 10.00. The molecule has 0 radical (unpaired) electrons. The van der Waals surface area contributed by atoms with Crippen LogP contribution in [0.25, 0.3) is 0 Å². The van der Waals surface area contributed by atoms with E-state index >= 15 is 0 Å². The topological polar surface area (TPSA) is 32.3 Å². The third kappa shape index (κ3) is 4.06. The summed E-state index contributed by atoms with van der Waals surface area (Å²) in [6.45, 7) is 5.16. The summed E-state index contributed by atoms with van der Waals surface area (Å²) >= 11 is 0. The van der Waals surface area contributed by atoms with Crippen molar-refractivity contribution < 1.29 is 4.79 Å². The summed E-state index contributed by atoms with van der Waals surface area (Å²) in [5.74, 6) is 0.563. The molecule has 0 fully saturated rings. The molecule has 1 aromatic rings. The zero-order chi connectivity index (χ0) is 13.4. The SMILES string of the molecule is CCC[C@H](CC)CN(C(=O)NC)c1ccccc1. The minimum absolute atomic E-state index is 0.0317. The number of hydrogen-bond acceptors (Lipinski definition) is 1. The van der Waals surface area contributed by atoms with E-state index in [0.717, 1.165) is 31.5 Å². The van der Waals surface area contributed by atoms with Crippen LogP contribution in [0.1, 0.15) is 33.1 Å². The van der Waals surface area contributed by atoms with E-state index in [2.05, 4.69) is 19.2 Å². The molecule has 2 amide bonds. The molecule has 1 rings (SSSR count). The third-order valence-electron chi connectivity index (χ3n) is 3.24. The molecule has 3 heteroatoms. The van der Waals surface area contributed by atoms with E-state index in [0.29, 0.717) is 5.92 Å². The van der Waals surface area contributed by atoms with E-state index in [-0.39, 0.29) is 6.03 Å². The summed E-state index contributed by atoms with van der Waals surface area (Å²) in [4.78, 5) is 13.8. The Morgan fingerprint density at radius 2 is 1.94 bits per heavy atom. The summed E-state index contributed by atoms with van der Waals surface area (Å²) in [6.07, 6.45) is 3.43. The molecule has 1 N–H and O–H groups in total. The van der Waals surface area contributed by atoms with Crippen LogP contribution in [0.3, 0.4) is 0 Å². The van der Waals surface area contributed by atoms with Crippen LogP contribution in [0.15, 0.2) is 30.3 Å². The van der Waals surface area contributed by atoms with E-state index in [1.54, 1.807) is 7.05 Å². The second-order valence-electron chi connectivity index (χ2n) is 4.56. The predicted octanol–water partition coefficient (Wildman–Crippen LogP) is 3.66. The Bertz CT molecular complexity index is 351. The molecule has 0 aliphatic carbocycles. The smallest absolute Gasteiger partial charge is 0.321 e. The molecule has 0 unspecified atom stereocenters. The lowest BCUT2D eigenvalue weighted by Crippen LogP contribution is -2.41. The maximum atomic E-state index is 12.0. The van der Waals surface area contributed by atoms with Crippen molar-refractivity contribution in [3.05, 3.63) is 30.3 Å². The molecule has 0 aliphatic heterocycles. The molecule has 100 valence electrons. The first kappa shape index (κ1) is 14.6. The Hall–Kier alpha value is -1.51. The van der Waals surface area contributed by atoms with Gasteiger partial charge in [-0.25, -0.2) is 4.79 Å². The lowest BCUT2D eigenvalue weighted by molar-refractivity contribution is 0.246. The number of nitrogens with zero attached hydrogens (tertiary/aromatic N) is 1. The van der Waals surface area contributed by atoms with Crippen LogP contribution in [0.4, 0.5) is 10.5 Å². The maximum absolute atomic E-state index is 12.0. The van der Waals surface area contributed by atoms with Gasteiger partial charge in [0.25, 0.3) is 0 Å². The lowest BCUT2D eigenvalue weighted by Gasteiger charge is -2.26. The number of amides is 2. The highest BCUT2D eigenvalue weighted by atomic mass is 16.2. The number of carbonyl (C=O) groups is 1. The molecule has 0 spiro atoms. The van der Waals surface area contributed by atoms with Crippen molar-refractivity contribution in [2.75, 3.05) is 18.5 Å². The van der Waals surface area contributed by atoms with Gasteiger partial charge >= 0.3 is 6.03 Å². The number of para-hydroxylation sites is 1. The van der Waals surface area contributed by atoms with E-state index in [9.17, 15) is 4.79 Å². The standard InChI is InChI=1S/C15H24N2O/c1-4-9-13(5-2)12-17(15(18)16-3)14-10-7-6-8-11-14/h6-8,10-11,13H,4-5,9,12H2,1-3H3,(H,16,18)/t13-/m0/s1. The molecule has 1 aromatic carbocycles. The van der Waals surface area contributed by atoms with Crippen molar-refractivity contribution >= 4 is 11.7 Å². The highest BCUT2D eigenvalue weighted by Crippen LogP contribution is 2.19. The predicted molar refractivity (Wildman–Crippen MR) is 76.9 cm³/mol. The van der Waals surface area contributed by atoms with Crippen molar-refractivity contribution in [1.82, 2.24) is 5.32 Å². The fourth-order valence-electron chi connectivity index (χ4n) is 2.14. The number of benzene rings is 1. The van der Waals surface area contributed by atoms with Crippen LogP contribution in [0.5, 0.6) is 0 Å². The number of carbonyl (C=O) groups excluding carboxylic acids is 1. The highest BCUT2D eigenvalue weighted by Gasteiger charge is 2.18. The highest BCUT2D eigenvalue weighted by molar-refractivity contribution is 5.91. The largest absolute Gasteiger partial charge is 0.341 e. The zero-order valence-corrected chi connectivity index (χ0v) is 11.6. The molecule has 18 heavy (non-hydrogen) atoms. The van der Waals surface area contributed by atoms with Crippen molar-refractivity contribution in [3.8, 4) is 0 Å². The van der Waals surface area contributed by atoms with E-state index in [4.69, 9.17) is 0 Å². The molecule has 3 nitrogen and oxygen atoms in total. The molecule has 0 bridgehead atoms. The number of anilines is 1. The number of hydrogen-bond donors (Lipinski definition) is 1. The van der Waals surface area contributed by atoms with Gasteiger partial charge in [-0.1, -0.05) is 44.9 Å². The average molecular weight is 248 g/mol. The molecule has 0 aliphatic rings. The van der Waals surface area contributed by atoms with Crippen LogP contribution in [-0.4, -0.2) is 19.6 Å². The van der Waals surface area contributed by atoms with Gasteiger partial charge in [-0.2, -0.15) is 0 Å². The first-order chi connectivity index (χ1) is 8.72. The van der Waals surface area contributed by atoms with Crippen LogP contribution in [-0.2, 0) is 0 Å². The van der Waals surface area contributed by atoms with Crippen LogP contribution >= 0.6 is 0 Å². The molecule has 0 saturated carbocycles. The monoisotopic (exact) mass is 248 g/mol. The first-order valence-electron chi connectivity index (χ1n) is 6.77. The van der Waals surface area contributed by atoms with Crippen molar-refractivity contribution in [3.63, 3.8) is 0 Å². The number of rotatable bonds is 6. The van der Waals surface area contributed by atoms with E-state index in [1.165, 1.54) is 0 Å². The van der Waals surface area contributed by atoms with Crippen molar-refractivity contribution in [1.29, 1.82) is 0 Å². The maximum Gasteiger partial charge on any atom is 0.321 e. The first-order valence-corrected chi connectivity index (χ1v) is 6.77. The van der Waals surface area contributed by atoms with Crippen LogP contribution < -0.4 is 10.2 Å². The summed E-state index contributed by atoms with van der Waals surface area (Å²) in [5, 5.41) is 2.72. The van der Waals surface area contributed by atoms with Gasteiger partial charge in [-0.3, -0.25) is 4.90 Å². The second kappa shape index (κ2) is 7.75. The summed E-state index contributed by atoms with van der Waals surface area (Å²) in [5.41, 5.74) is 0.964. The fraction of sp³-hybridized carbons (Fsp3) is 0.533. The summed E-state index contributed by atoms with van der Waals surface area (Å²) < 4.78 is 0. The Morgan fingerprint density at radius 1 is 1.28 bits per heavy atom. The van der Waals surface area contributed by atoms with Crippen molar-refractivity contribution in [2.24, 2.45) is 5.92 Å². The van der Waals surface area contributed by atoms with Gasteiger partial charge in [-0.05, 0) is 24.5 Å². The molecule has 0 saturated heterocycles. The van der Waals surface area contributed by atoms with Gasteiger partial charge in [0, 0.05) is 19.3 Å². The summed E-state index contributed by atoms with van der Waals surface area (Å²) in [6, 6.07) is 9.82. The fourth-order valence-corrected chi connectivity index (χ4v) is 2.14.